The van der Waals surface area contributed by atoms with Crippen LogP contribution in [0.3, 0.4) is 0 Å². The lowest BCUT2D eigenvalue weighted by Crippen LogP contribution is -2.48. The van der Waals surface area contributed by atoms with Gasteiger partial charge in [0.25, 0.3) is 0 Å². The van der Waals surface area contributed by atoms with E-state index in [1.165, 1.54) is 0 Å². The monoisotopic (exact) mass is 327 g/mol. The molecule has 0 bridgehead atoms. The summed E-state index contributed by atoms with van der Waals surface area (Å²) in [6.07, 6.45) is 2.51. The minimum atomic E-state index is 0.00614. The normalized spacial score (nSPS) is 19.7. The number of rotatable bonds is 3. The van der Waals surface area contributed by atoms with E-state index in [-0.39, 0.29) is 17.6 Å². The first-order chi connectivity index (χ1) is 10.2. The zero-order chi connectivity index (χ0) is 14.8. The number of piperazine rings is 1. The third-order valence-corrected chi connectivity index (χ3v) is 5.36. The first-order valence-corrected chi connectivity index (χ1v) is 8.60. The van der Waals surface area contributed by atoms with Gasteiger partial charge in [0.2, 0.25) is 5.91 Å². The Bertz CT molecular complexity index is 552. The van der Waals surface area contributed by atoms with Crippen LogP contribution < -0.4 is 0 Å². The van der Waals surface area contributed by atoms with Crippen LogP contribution in [0.5, 0.6) is 0 Å². The maximum absolute atomic E-state index is 11.8. The fourth-order valence-electron chi connectivity index (χ4n) is 2.82. The molecule has 114 valence electrons. The van der Waals surface area contributed by atoms with Crippen LogP contribution in [0, 0.1) is 0 Å². The molecule has 1 aromatic rings. The molecule has 1 fully saturated rings. The number of hydrogen-bond acceptors (Lipinski definition) is 5. The second-order valence-corrected chi connectivity index (χ2v) is 6.80. The van der Waals surface area contributed by atoms with Crippen LogP contribution >= 0.6 is 22.9 Å². The number of alkyl halides is 1. The first-order valence-electron chi connectivity index (χ1n) is 7.25. The Morgan fingerprint density at radius 1 is 1.24 bits per heavy atom. The Labute approximate surface area is 132 Å². The van der Waals surface area contributed by atoms with Gasteiger partial charge in [-0.25, -0.2) is 4.98 Å². The zero-order valence-electron chi connectivity index (χ0n) is 11.8. The summed E-state index contributed by atoms with van der Waals surface area (Å²) in [5, 5.41) is 1.02. The van der Waals surface area contributed by atoms with Crippen LogP contribution in [0.4, 0.5) is 0 Å². The highest BCUT2D eigenvalue weighted by Crippen LogP contribution is 2.27. The van der Waals surface area contributed by atoms with E-state index in [9.17, 15) is 9.59 Å². The number of Topliss-reactive ketones (excluding diaryl/α,β-unsaturated/α-hetero) is 1. The van der Waals surface area contributed by atoms with Crippen molar-refractivity contribution in [2.75, 3.05) is 32.1 Å². The molecule has 0 unspecified atom stereocenters. The van der Waals surface area contributed by atoms with Crippen molar-refractivity contribution < 1.29 is 9.59 Å². The van der Waals surface area contributed by atoms with Gasteiger partial charge in [-0.15, -0.1) is 22.9 Å². The minimum Gasteiger partial charge on any atom is -0.339 e. The molecular formula is C14H18ClN3O2S. The van der Waals surface area contributed by atoms with Gasteiger partial charge in [-0.2, -0.15) is 0 Å². The lowest BCUT2D eigenvalue weighted by molar-refractivity contribution is -0.130. The van der Waals surface area contributed by atoms with Gasteiger partial charge < -0.3 is 4.90 Å². The highest BCUT2D eigenvalue weighted by atomic mass is 35.5. The standard InChI is InChI=1S/C14H18ClN3O2S/c15-8-13(20)18-6-4-17(5-7-18)9-12-16-10-2-1-3-11(19)14(10)21-12/h1-9H2. The van der Waals surface area contributed by atoms with Gasteiger partial charge in [-0.3, -0.25) is 14.5 Å². The number of nitrogens with zero attached hydrogens (tertiary/aromatic N) is 3. The molecule has 1 aliphatic carbocycles. The highest BCUT2D eigenvalue weighted by Gasteiger charge is 2.24. The molecule has 2 heterocycles. The number of amides is 1. The van der Waals surface area contributed by atoms with E-state index >= 15 is 0 Å². The molecule has 0 spiro atoms. The summed E-state index contributed by atoms with van der Waals surface area (Å²) in [4.78, 5) is 32.9. The fraction of sp³-hybridized carbons (Fsp3) is 0.643. The van der Waals surface area contributed by atoms with E-state index in [1.807, 2.05) is 0 Å². The number of carbonyl (C=O) groups is 2. The van der Waals surface area contributed by atoms with Crippen molar-refractivity contribution in [1.29, 1.82) is 0 Å². The van der Waals surface area contributed by atoms with Crippen molar-refractivity contribution in [2.45, 2.75) is 25.8 Å². The molecule has 21 heavy (non-hydrogen) atoms. The summed E-state index contributed by atoms with van der Waals surface area (Å²) in [6.45, 7) is 3.88. The number of aromatic nitrogens is 1. The van der Waals surface area contributed by atoms with Crippen molar-refractivity contribution in [2.24, 2.45) is 0 Å². The van der Waals surface area contributed by atoms with Gasteiger partial charge in [0, 0.05) is 32.6 Å². The molecule has 0 aromatic carbocycles. The average Bonchev–Trinajstić information content (AvgIpc) is 2.91. The predicted molar refractivity (Wildman–Crippen MR) is 82.0 cm³/mol. The number of ketones is 1. The molecule has 0 N–H and O–H groups in total. The summed E-state index contributed by atoms with van der Waals surface area (Å²) in [5.41, 5.74) is 0.988. The lowest BCUT2D eigenvalue weighted by atomic mass is 10.0. The Hall–Kier alpha value is -0.980. The highest BCUT2D eigenvalue weighted by molar-refractivity contribution is 7.13. The fourth-order valence-corrected chi connectivity index (χ4v) is 4.11. The molecule has 3 rings (SSSR count). The van der Waals surface area contributed by atoms with Gasteiger partial charge >= 0.3 is 0 Å². The molecular weight excluding hydrogens is 310 g/mol. The maximum atomic E-state index is 11.8. The molecule has 0 saturated carbocycles. The lowest BCUT2D eigenvalue weighted by Gasteiger charge is -2.33. The van der Waals surface area contributed by atoms with Crippen LogP contribution in [0.15, 0.2) is 0 Å². The second kappa shape index (κ2) is 6.42. The third-order valence-electron chi connectivity index (χ3n) is 4.01. The van der Waals surface area contributed by atoms with Gasteiger partial charge in [0.05, 0.1) is 17.1 Å². The van der Waals surface area contributed by atoms with Crippen LogP contribution in [-0.2, 0) is 17.8 Å². The molecule has 7 heteroatoms. The maximum Gasteiger partial charge on any atom is 0.237 e. The molecule has 1 amide bonds. The van der Waals surface area contributed by atoms with Crippen molar-refractivity contribution in [1.82, 2.24) is 14.8 Å². The molecule has 2 aliphatic rings. The molecule has 1 aliphatic heterocycles. The second-order valence-electron chi connectivity index (χ2n) is 5.45. The summed E-state index contributed by atoms with van der Waals surface area (Å²) in [6, 6.07) is 0. The molecule has 1 saturated heterocycles. The number of aryl methyl sites for hydroxylation is 1. The number of fused-ring (bicyclic) bond motifs is 1. The quantitative estimate of drug-likeness (QED) is 0.790. The number of thiazole rings is 1. The number of carbonyl (C=O) groups excluding carboxylic acids is 2. The topological polar surface area (TPSA) is 53.5 Å². The number of hydrogen-bond donors (Lipinski definition) is 0. The van der Waals surface area contributed by atoms with Crippen LogP contribution in [0.2, 0.25) is 0 Å². The van der Waals surface area contributed by atoms with Crippen molar-refractivity contribution >= 4 is 34.6 Å². The van der Waals surface area contributed by atoms with E-state index in [0.29, 0.717) is 6.42 Å². The minimum absolute atomic E-state index is 0.00614. The summed E-state index contributed by atoms with van der Waals surface area (Å²) < 4.78 is 0. The molecule has 1 aromatic heterocycles. The van der Waals surface area contributed by atoms with Gasteiger partial charge in [-0.05, 0) is 12.8 Å². The first kappa shape index (κ1) is 14.9. The van der Waals surface area contributed by atoms with Crippen LogP contribution in [0.1, 0.15) is 33.2 Å². The summed E-state index contributed by atoms with van der Waals surface area (Å²) >= 11 is 7.12. The van der Waals surface area contributed by atoms with Crippen LogP contribution in [-0.4, -0.2) is 58.5 Å². The largest absolute Gasteiger partial charge is 0.339 e. The zero-order valence-corrected chi connectivity index (χ0v) is 13.4. The van der Waals surface area contributed by atoms with Crippen molar-refractivity contribution in [3.63, 3.8) is 0 Å². The van der Waals surface area contributed by atoms with E-state index in [1.54, 1.807) is 16.2 Å². The predicted octanol–water partition coefficient (Wildman–Crippen LogP) is 1.55. The molecule has 0 radical (unpaired) electrons. The Morgan fingerprint density at radius 3 is 2.67 bits per heavy atom. The third kappa shape index (κ3) is 3.27. The van der Waals surface area contributed by atoms with E-state index in [0.717, 1.165) is 61.1 Å². The average molecular weight is 328 g/mol. The summed E-state index contributed by atoms with van der Waals surface area (Å²) in [5.74, 6) is 0.311. The van der Waals surface area contributed by atoms with E-state index in [4.69, 9.17) is 11.6 Å². The Kier molecular flexibility index (Phi) is 4.57. The van der Waals surface area contributed by atoms with Crippen molar-refractivity contribution in [3.05, 3.63) is 15.6 Å². The smallest absolute Gasteiger partial charge is 0.237 e. The van der Waals surface area contributed by atoms with Gasteiger partial charge in [0.1, 0.15) is 10.9 Å². The summed E-state index contributed by atoms with van der Waals surface area (Å²) in [7, 11) is 0. The van der Waals surface area contributed by atoms with Gasteiger partial charge in [-0.1, -0.05) is 0 Å². The van der Waals surface area contributed by atoms with E-state index < -0.39 is 0 Å². The molecule has 0 atom stereocenters. The SMILES string of the molecule is O=C1CCCc2nc(CN3CCN(C(=O)CCl)CC3)sc21. The van der Waals surface area contributed by atoms with Crippen molar-refractivity contribution in [3.8, 4) is 0 Å². The molecule has 5 nitrogen and oxygen atoms in total. The van der Waals surface area contributed by atoms with Crippen LogP contribution in [0.25, 0.3) is 0 Å². The van der Waals surface area contributed by atoms with E-state index in [2.05, 4.69) is 9.88 Å². The Balaban J connectivity index is 1.59. The van der Waals surface area contributed by atoms with Gasteiger partial charge in [0.15, 0.2) is 5.78 Å². The Morgan fingerprint density at radius 2 is 2.00 bits per heavy atom. The number of halogens is 1.